The van der Waals surface area contributed by atoms with Crippen LogP contribution in [0, 0.1) is 12.8 Å². The third-order valence-electron chi connectivity index (χ3n) is 4.84. The maximum Gasteiger partial charge on any atom is 0.264 e. The van der Waals surface area contributed by atoms with Gasteiger partial charge in [-0.1, -0.05) is 22.0 Å². The molecular weight excluding hydrogens is 496 g/mol. The fourth-order valence-electron chi connectivity index (χ4n) is 3.35. The van der Waals surface area contributed by atoms with Crippen LogP contribution in [0.1, 0.15) is 24.0 Å². The number of carbonyl (C=O) groups is 1. The minimum atomic E-state index is -3.87. The van der Waals surface area contributed by atoms with Crippen LogP contribution >= 0.6 is 31.9 Å². The highest BCUT2D eigenvalue weighted by Gasteiger charge is 2.39. The molecule has 0 radical (unpaired) electrons. The normalized spacial score (nSPS) is 16.3. The summed E-state index contributed by atoms with van der Waals surface area (Å²) >= 11 is 6.82. The predicted octanol–water partition coefficient (Wildman–Crippen LogP) is 4.62. The number of benzene rings is 2. The molecule has 1 fully saturated rings. The van der Waals surface area contributed by atoms with Crippen LogP contribution in [0.4, 0.5) is 11.4 Å². The van der Waals surface area contributed by atoms with E-state index in [9.17, 15) is 13.2 Å². The van der Waals surface area contributed by atoms with Gasteiger partial charge in [0, 0.05) is 21.4 Å². The highest BCUT2D eigenvalue weighted by Crippen LogP contribution is 2.42. The second-order valence-corrected chi connectivity index (χ2v) is 10.4. The van der Waals surface area contributed by atoms with Crippen LogP contribution in [0.5, 0.6) is 0 Å². The molecule has 0 aromatic heterocycles. The van der Waals surface area contributed by atoms with Crippen molar-refractivity contribution < 1.29 is 13.2 Å². The topological polar surface area (TPSA) is 66.5 Å². The Bertz CT molecular complexity index is 1050. The average Bonchev–Trinajstić information content (AvgIpc) is 3.36. The zero-order chi connectivity index (χ0) is 19.3. The van der Waals surface area contributed by atoms with Crippen molar-refractivity contribution in [3.05, 3.63) is 50.4 Å². The Labute approximate surface area is 175 Å². The second kappa shape index (κ2) is 6.90. The van der Waals surface area contributed by atoms with E-state index in [1.54, 1.807) is 17.0 Å². The maximum absolute atomic E-state index is 13.2. The van der Waals surface area contributed by atoms with Gasteiger partial charge < -0.3 is 4.90 Å². The molecule has 0 atom stereocenters. The Morgan fingerprint density at radius 1 is 1.19 bits per heavy atom. The molecule has 27 heavy (non-hydrogen) atoms. The van der Waals surface area contributed by atoms with E-state index < -0.39 is 10.0 Å². The van der Waals surface area contributed by atoms with Crippen molar-refractivity contribution in [3.8, 4) is 0 Å². The SMILES string of the molecule is Cc1ccc(NS(=O)(=O)c2cc(Br)cc3c2N(C(=O)C2CC2)CC3)c(Br)c1. The van der Waals surface area contributed by atoms with Crippen molar-refractivity contribution in [2.24, 2.45) is 5.92 Å². The Hall–Kier alpha value is -1.38. The molecule has 0 spiro atoms. The fourth-order valence-corrected chi connectivity index (χ4v) is 6.08. The first kappa shape index (κ1) is 19.0. The zero-order valence-corrected chi connectivity index (χ0v) is 18.6. The van der Waals surface area contributed by atoms with E-state index in [0.29, 0.717) is 33.3 Å². The standard InChI is InChI=1S/C19H18Br2N2O3S/c1-11-2-5-16(15(21)8-11)22-27(25,26)17-10-14(20)9-13-6-7-23(18(13)17)19(24)12-3-4-12/h2,5,8-10,12,22H,3-4,6-7H2,1H3. The zero-order valence-electron chi connectivity index (χ0n) is 14.6. The summed E-state index contributed by atoms with van der Waals surface area (Å²) in [4.78, 5) is 14.5. The number of amides is 1. The minimum absolute atomic E-state index is 0.0315. The summed E-state index contributed by atoms with van der Waals surface area (Å²) in [6.45, 7) is 2.46. The van der Waals surface area contributed by atoms with Crippen molar-refractivity contribution in [1.82, 2.24) is 0 Å². The van der Waals surface area contributed by atoms with Gasteiger partial charge >= 0.3 is 0 Å². The van der Waals surface area contributed by atoms with Crippen molar-refractivity contribution in [2.45, 2.75) is 31.1 Å². The van der Waals surface area contributed by atoms with Gasteiger partial charge in [0.15, 0.2) is 0 Å². The molecule has 4 rings (SSSR count). The monoisotopic (exact) mass is 512 g/mol. The van der Waals surface area contributed by atoms with E-state index in [1.165, 1.54) is 0 Å². The molecule has 2 aromatic rings. The number of carbonyl (C=O) groups excluding carboxylic acids is 1. The average molecular weight is 514 g/mol. The highest BCUT2D eigenvalue weighted by atomic mass is 79.9. The van der Waals surface area contributed by atoms with E-state index in [2.05, 4.69) is 36.6 Å². The van der Waals surface area contributed by atoms with Crippen molar-refractivity contribution in [1.29, 1.82) is 0 Å². The highest BCUT2D eigenvalue weighted by molar-refractivity contribution is 9.10. The Balaban J connectivity index is 1.77. The molecular formula is C19H18Br2N2O3S. The van der Waals surface area contributed by atoms with Crippen molar-refractivity contribution >= 4 is 59.2 Å². The lowest BCUT2D eigenvalue weighted by Crippen LogP contribution is -2.31. The number of halogens is 2. The Morgan fingerprint density at radius 3 is 2.59 bits per heavy atom. The summed E-state index contributed by atoms with van der Waals surface area (Å²) in [5.41, 5.74) is 2.88. The van der Waals surface area contributed by atoms with Crippen LogP contribution < -0.4 is 9.62 Å². The number of anilines is 2. The number of nitrogens with zero attached hydrogens (tertiary/aromatic N) is 1. The molecule has 2 aliphatic rings. The summed E-state index contributed by atoms with van der Waals surface area (Å²) in [7, 11) is -3.87. The van der Waals surface area contributed by atoms with Gasteiger partial charge in [-0.05, 0) is 77.5 Å². The van der Waals surface area contributed by atoms with Gasteiger partial charge in [0.1, 0.15) is 4.90 Å². The molecule has 1 amide bonds. The number of hydrogen-bond donors (Lipinski definition) is 1. The first-order chi connectivity index (χ1) is 12.8. The van der Waals surface area contributed by atoms with Crippen LogP contribution in [0.25, 0.3) is 0 Å². The van der Waals surface area contributed by atoms with Crippen molar-refractivity contribution in [2.75, 3.05) is 16.2 Å². The molecule has 0 saturated heterocycles. The van der Waals surface area contributed by atoms with Crippen LogP contribution in [-0.2, 0) is 21.2 Å². The van der Waals surface area contributed by atoms with Crippen LogP contribution in [0.3, 0.4) is 0 Å². The smallest absolute Gasteiger partial charge is 0.264 e. The molecule has 1 saturated carbocycles. The first-order valence-corrected chi connectivity index (χ1v) is 11.8. The number of hydrogen-bond acceptors (Lipinski definition) is 3. The summed E-state index contributed by atoms with van der Waals surface area (Å²) < 4.78 is 30.4. The second-order valence-electron chi connectivity index (χ2n) is 7.01. The molecule has 0 bridgehead atoms. The Morgan fingerprint density at radius 2 is 1.93 bits per heavy atom. The summed E-state index contributed by atoms with van der Waals surface area (Å²) in [6.07, 6.45) is 2.43. The van der Waals surface area contributed by atoms with Crippen molar-refractivity contribution in [3.63, 3.8) is 0 Å². The fraction of sp³-hybridized carbons (Fsp3) is 0.316. The lowest BCUT2D eigenvalue weighted by Gasteiger charge is -2.21. The minimum Gasteiger partial charge on any atom is -0.310 e. The van der Waals surface area contributed by atoms with Gasteiger partial charge in [-0.15, -0.1) is 0 Å². The summed E-state index contributed by atoms with van der Waals surface area (Å²) in [5, 5.41) is 0. The van der Waals surface area contributed by atoms with Gasteiger partial charge in [0.25, 0.3) is 10.0 Å². The maximum atomic E-state index is 13.2. The molecule has 142 valence electrons. The van der Waals surface area contributed by atoms with Gasteiger partial charge in [-0.2, -0.15) is 0 Å². The molecule has 8 heteroatoms. The van der Waals surface area contributed by atoms with E-state index in [1.807, 2.05) is 25.1 Å². The molecule has 0 unspecified atom stereocenters. The third-order valence-corrected chi connectivity index (χ3v) is 7.34. The number of fused-ring (bicyclic) bond motifs is 1. The largest absolute Gasteiger partial charge is 0.310 e. The lowest BCUT2D eigenvalue weighted by molar-refractivity contribution is -0.119. The van der Waals surface area contributed by atoms with Gasteiger partial charge in [-0.3, -0.25) is 9.52 Å². The van der Waals surface area contributed by atoms with Gasteiger partial charge in [0.2, 0.25) is 5.91 Å². The summed E-state index contributed by atoms with van der Waals surface area (Å²) in [6, 6.07) is 8.89. The van der Waals surface area contributed by atoms with Crippen LogP contribution in [-0.4, -0.2) is 20.9 Å². The summed E-state index contributed by atoms with van der Waals surface area (Å²) in [5.74, 6) is 0.0680. The van der Waals surface area contributed by atoms with Crippen LogP contribution in [0.2, 0.25) is 0 Å². The van der Waals surface area contributed by atoms with E-state index in [4.69, 9.17) is 0 Å². The molecule has 1 N–H and O–H groups in total. The third kappa shape index (κ3) is 3.67. The molecule has 1 heterocycles. The molecule has 1 aliphatic carbocycles. The molecule has 1 aliphatic heterocycles. The predicted molar refractivity (Wildman–Crippen MR) is 113 cm³/mol. The number of sulfonamides is 1. The molecule has 5 nitrogen and oxygen atoms in total. The lowest BCUT2D eigenvalue weighted by atomic mass is 10.2. The first-order valence-electron chi connectivity index (χ1n) is 8.69. The Kier molecular flexibility index (Phi) is 4.84. The van der Waals surface area contributed by atoms with E-state index >= 15 is 0 Å². The van der Waals surface area contributed by atoms with E-state index in [-0.39, 0.29) is 16.7 Å². The number of rotatable bonds is 4. The quantitative estimate of drug-likeness (QED) is 0.648. The molecule has 2 aromatic carbocycles. The van der Waals surface area contributed by atoms with Gasteiger partial charge in [-0.25, -0.2) is 8.42 Å². The van der Waals surface area contributed by atoms with Gasteiger partial charge in [0.05, 0.1) is 11.4 Å². The van der Waals surface area contributed by atoms with Crippen LogP contribution in [0.15, 0.2) is 44.2 Å². The number of nitrogens with one attached hydrogen (secondary N) is 1. The number of aryl methyl sites for hydroxylation is 1. The van der Waals surface area contributed by atoms with E-state index in [0.717, 1.165) is 24.0 Å².